The molecule has 2 aliphatic rings. The third-order valence-electron chi connectivity index (χ3n) is 16.4. The number of thiophene rings is 2. The van der Waals surface area contributed by atoms with Crippen LogP contribution in [-0.2, 0) is 9.59 Å². The van der Waals surface area contributed by atoms with Crippen molar-refractivity contribution >= 4 is 45.9 Å². The van der Waals surface area contributed by atoms with Crippen LogP contribution in [0.2, 0.25) is 0 Å². The first-order valence-corrected chi connectivity index (χ1v) is 33.5. The third kappa shape index (κ3) is 24.2. The summed E-state index contributed by atoms with van der Waals surface area (Å²) in [5.74, 6) is 1.03. The summed E-state index contributed by atoms with van der Waals surface area (Å²) < 4.78 is 0. The minimum Gasteiger partial charge on any atom is -0.306 e. The number of carbonyl (C=O) groups excluding carboxylic acids is 2. The number of amides is 2. The van der Waals surface area contributed by atoms with Crippen molar-refractivity contribution in [2.75, 3.05) is 13.1 Å². The summed E-state index contributed by atoms with van der Waals surface area (Å²) in [7, 11) is 0. The summed E-state index contributed by atoms with van der Waals surface area (Å²) in [6.07, 6.45) is 58.5. The van der Waals surface area contributed by atoms with Crippen molar-refractivity contribution in [3.63, 3.8) is 0 Å². The van der Waals surface area contributed by atoms with Gasteiger partial charge in [0.05, 0.1) is 32.3 Å². The van der Waals surface area contributed by atoms with Crippen LogP contribution in [-0.4, -0.2) is 34.7 Å². The van der Waals surface area contributed by atoms with Crippen LogP contribution in [0.25, 0.3) is 11.4 Å². The van der Waals surface area contributed by atoms with Crippen molar-refractivity contribution in [1.29, 1.82) is 0 Å². The van der Waals surface area contributed by atoms with Gasteiger partial charge < -0.3 is 9.80 Å². The lowest BCUT2D eigenvalue weighted by Gasteiger charge is -2.29. The Morgan fingerprint density at radius 3 is 0.764 bits per heavy atom. The summed E-state index contributed by atoms with van der Waals surface area (Å²) in [6, 6.07) is 8.53. The van der Waals surface area contributed by atoms with Crippen LogP contribution in [0.4, 0.5) is 0 Å². The molecule has 410 valence electrons. The number of rotatable bonds is 50. The molecule has 2 unspecified atom stereocenters. The molecular formula is C66H112N2O2S2. The summed E-state index contributed by atoms with van der Waals surface area (Å²) in [4.78, 5) is 37.1. The molecule has 2 aromatic rings. The second-order valence-electron chi connectivity index (χ2n) is 22.8. The van der Waals surface area contributed by atoms with Gasteiger partial charge in [0, 0.05) is 13.1 Å². The molecule has 4 heterocycles. The van der Waals surface area contributed by atoms with Crippen molar-refractivity contribution in [2.24, 2.45) is 11.8 Å². The summed E-state index contributed by atoms with van der Waals surface area (Å²) in [5, 5.41) is 4.26. The van der Waals surface area contributed by atoms with E-state index >= 15 is 9.59 Å². The van der Waals surface area contributed by atoms with Gasteiger partial charge in [-0.25, -0.2) is 0 Å². The zero-order valence-electron chi connectivity index (χ0n) is 47.7. The molecule has 4 nitrogen and oxygen atoms in total. The lowest BCUT2D eigenvalue weighted by molar-refractivity contribution is -0.124. The largest absolute Gasteiger partial charge is 0.306 e. The number of hydrogen-bond acceptors (Lipinski definition) is 4. The van der Waals surface area contributed by atoms with Gasteiger partial charge in [0.1, 0.15) is 0 Å². The Morgan fingerprint density at radius 2 is 0.556 bits per heavy atom. The van der Waals surface area contributed by atoms with Crippen LogP contribution in [0.5, 0.6) is 0 Å². The molecule has 2 aromatic heterocycles. The summed E-state index contributed by atoms with van der Waals surface area (Å²) in [5.41, 5.74) is 3.20. The van der Waals surface area contributed by atoms with E-state index in [0.29, 0.717) is 23.0 Å². The highest BCUT2D eigenvalue weighted by molar-refractivity contribution is 7.11. The Bertz CT molecular complexity index is 1570. The van der Waals surface area contributed by atoms with E-state index in [2.05, 4.69) is 72.5 Å². The van der Waals surface area contributed by atoms with Crippen LogP contribution in [0.15, 0.2) is 46.2 Å². The highest BCUT2D eigenvalue weighted by atomic mass is 32.1. The van der Waals surface area contributed by atoms with Crippen LogP contribution < -0.4 is 0 Å². The van der Waals surface area contributed by atoms with Gasteiger partial charge >= 0.3 is 0 Å². The van der Waals surface area contributed by atoms with Gasteiger partial charge in [0.25, 0.3) is 11.8 Å². The monoisotopic (exact) mass is 1030 g/mol. The number of fused-ring (bicyclic) bond motifs is 1. The van der Waals surface area contributed by atoms with Crippen molar-refractivity contribution in [3.8, 4) is 0 Å². The fourth-order valence-electron chi connectivity index (χ4n) is 11.9. The van der Waals surface area contributed by atoms with Crippen molar-refractivity contribution in [3.05, 3.63) is 55.9 Å². The van der Waals surface area contributed by atoms with E-state index in [1.54, 1.807) is 22.7 Å². The van der Waals surface area contributed by atoms with E-state index in [4.69, 9.17) is 0 Å². The molecule has 0 saturated heterocycles. The molecule has 6 heteroatoms. The Morgan fingerprint density at radius 1 is 0.333 bits per heavy atom. The average molecular weight is 1030 g/mol. The molecule has 0 spiro atoms. The predicted octanol–water partition coefficient (Wildman–Crippen LogP) is 22.1. The Balaban J connectivity index is 1.47. The van der Waals surface area contributed by atoms with Gasteiger partial charge in [-0.2, -0.15) is 0 Å². The number of nitrogens with zero attached hydrogens (tertiary/aromatic N) is 2. The topological polar surface area (TPSA) is 40.6 Å². The number of hydrogen-bond donors (Lipinski definition) is 0. The summed E-state index contributed by atoms with van der Waals surface area (Å²) in [6.45, 7) is 10.7. The first kappa shape index (κ1) is 62.4. The quantitative estimate of drug-likeness (QED) is 0.0620. The average Bonchev–Trinajstić information content (AvgIpc) is 4.22. The van der Waals surface area contributed by atoms with Crippen molar-refractivity contribution in [2.45, 2.75) is 310 Å². The summed E-state index contributed by atoms with van der Waals surface area (Å²) >= 11 is 3.38. The van der Waals surface area contributed by atoms with E-state index in [-0.39, 0.29) is 11.8 Å². The van der Waals surface area contributed by atoms with Crippen LogP contribution in [0, 0.1) is 11.8 Å². The molecule has 2 aliphatic heterocycles. The number of unbranched alkanes of at least 4 members (excludes halogenated alkanes) is 36. The minimum absolute atomic E-state index is 0.0730. The van der Waals surface area contributed by atoms with Crippen molar-refractivity contribution < 1.29 is 9.59 Å². The second kappa shape index (κ2) is 41.0. The van der Waals surface area contributed by atoms with E-state index in [1.807, 2.05) is 0 Å². The van der Waals surface area contributed by atoms with E-state index in [9.17, 15) is 0 Å². The Kier molecular flexibility index (Phi) is 35.5. The van der Waals surface area contributed by atoms with E-state index in [1.165, 1.54) is 283 Å². The fourth-order valence-corrected chi connectivity index (χ4v) is 13.5. The van der Waals surface area contributed by atoms with Crippen LogP contribution in [0.1, 0.15) is 320 Å². The molecule has 0 aliphatic carbocycles. The molecule has 0 fully saturated rings. The molecule has 0 aromatic carbocycles. The van der Waals surface area contributed by atoms with Crippen molar-refractivity contribution in [1.82, 2.24) is 9.80 Å². The first-order valence-electron chi connectivity index (χ1n) is 31.8. The minimum atomic E-state index is 0.0730. The van der Waals surface area contributed by atoms with E-state index in [0.717, 1.165) is 34.2 Å². The SMILES string of the molecule is CCCCCCCCCCCCCCC(CCCCCCCCCC)CN1C(=O)C2=C(c3cccs3)N(CC(CCCCCCCCCC)CCCCCCCCCCCCCC)C(=O)C2=C1c1cccs1. The molecule has 2 amide bonds. The maximum absolute atomic E-state index is 15.4. The molecule has 0 radical (unpaired) electrons. The zero-order valence-corrected chi connectivity index (χ0v) is 49.3. The highest BCUT2D eigenvalue weighted by Crippen LogP contribution is 2.49. The highest BCUT2D eigenvalue weighted by Gasteiger charge is 2.50. The maximum atomic E-state index is 15.4. The second-order valence-corrected chi connectivity index (χ2v) is 24.7. The molecule has 2 atom stereocenters. The van der Waals surface area contributed by atoms with Gasteiger partial charge in [-0.15, -0.1) is 22.7 Å². The van der Waals surface area contributed by atoms with E-state index < -0.39 is 0 Å². The molecule has 0 saturated carbocycles. The molecule has 0 N–H and O–H groups in total. The third-order valence-corrected chi connectivity index (χ3v) is 18.2. The molecule has 4 rings (SSSR count). The Hall–Kier alpha value is -2.18. The van der Waals surface area contributed by atoms with Gasteiger partial charge in [0.2, 0.25) is 0 Å². The Labute approximate surface area is 453 Å². The molecular weight excluding hydrogens is 917 g/mol. The fraction of sp³-hybridized carbons (Fsp3) is 0.788. The molecule has 0 bridgehead atoms. The van der Waals surface area contributed by atoms with Crippen LogP contribution in [0.3, 0.4) is 0 Å². The smallest absolute Gasteiger partial charge is 0.261 e. The van der Waals surface area contributed by atoms with Gasteiger partial charge in [-0.1, -0.05) is 297 Å². The lowest BCUT2D eigenvalue weighted by atomic mass is 9.93. The lowest BCUT2D eigenvalue weighted by Crippen LogP contribution is -2.34. The predicted molar refractivity (Wildman–Crippen MR) is 319 cm³/mol. The van der Waals surface area contributed by atoms with Gasteiger partial charge in [-0.05, 0) is 60.4 Å². The molecule has 72 heavy (non-hydrogen) atoms. The normalized spacial score (nSPS) is 14.8. The number of carbonyl (C=O) groups is 2. The van der Waals surface area contributed by atoms with Crippen LogP contribution >= 0.6 is 22.7 Å². The maximum Gasteiger partial charge on any atom is 0.261 e. The van der Waals surface area contributed by atoms with Gasteiger partial charge in [0.15, 0.2) is 0 Å². The first-order chi connectivity index (χ1) is 35.5. The van der Waals surface area contributed by atoms with Gasteiger partial charge in [-0.3, -0.25) is 9.59 Å². The standard InChI is InChI=1S/C66H112N2O2S2/c1-5-9-13-17-21-25-27-29-31-35-39-43-49-57(47-41-37-33-23-19-15-11-7-3)55-67-63(59-51-45-53-71-59)61-62(65(67)69)64(60-52-46-54-72-60)68(66(61)70)56-58(48-42-38-34-24-20-16-12-8-4)50-44-40-36-32-30-28-26-22-18-14-10-6-2/h45-46,51-54,57-58H,5-44,47-50,55-56H2,1-4H3. The zero-order chi connectivity index (χ0) is 51.1.